The van der Waals surface area contributed by atoms with E-state index in [0.29, 0.717) is 31.6 Å². The number of para-hydroxylation sites is 1. The molecule has 18 heavy (non-hydrogen) atoms. The van der Waals surface area contributed by atoms with Crippen LogP contribution in [0.2, 0.25) is 0 Å². The number of nitrogens with one attached hydrogen (secondary N) is 1. The third-order valence-corrected chi connectivity index (χ3v) is 4.95. The van der Waals surface area contributed by atoms with Crippen molar-refractivity contribution in [2.45, 2.75) is 25.0 Å². The number of hydrogen-bond donors (Lipinski definition) is 2. The Morgan fingerprint density at radius 2 is 2.00 bits per heavy atom. The number of anilines is 1. The lowest BCUT2D eigenvalue weighted by Crippen LogP contribution is -2.33. The minimum atomic E-state index is -3.47. The molecule has 100 valence electrons. The molecular formula is C12H17NO4S. The van der Waals surface area contributed by atoms with E-state index < -0.39 is 15.3 Å². The van der Waals surface area contributed by atoms with Gasteiger partial charge in [-0.05, 0) is 31.4 Å². The van der Waals surface area contributed by atoms with E-state index in [1.807, 2.05) is 0 Å². The van der Waals surface area contributed by atoms with Crippen molar-refractivity contribution in [2.24, 2.45) is 0 Å². The monoisotopic (exact) mass is 271 g/mol. The first-order valence-electron chi connectivity index (χ1n) is 5.88. The molecule has 1 aliphatic heterocycles. The van der Waals surface area contributed by atoms with Gasteiger partial charge in [-0.15, -0.1) is 0 Å². The average molecular weight is 271 g/mol. The van der Waals surface area contributed by atoms with Gasteiger partial charge < -0.3 is 9.84 Å². The summed E-state index contributed by atoms with van der Waals surface area (Å²) in [5.74, 6) is -0.0202. The van der Waals surface area contributed by atoms with Gasteiger partial charge in [0.05, 0.1) is 10.9 Å². The molecular weight excluding hydrogens is 254 g/mol. The van der Waals surface area contributed by atoms with Crippen molar-refractivity contribution in [1.29, 1.82) is 0 Å². The Hall–Kier alpha value is -1.27. The van der Waals surface area contributed by atoms with Gasteiger partial charge in [-0.25, -0.2) is 8.42 Å². The summed E-state index contributed by atoms with van der Waals surface area (Å²) in [6.07, 6.45) is 0.976. The Labute approximate surface area is 107 Å². The third kappa shape index (κ3) is 2.76. The lowest BCUT2D eigenvalue weighted by atomic mass is 10.2. The molecule has 1 aliphatic rings. The van der Waals surface area contributed by atoms with E-state index in [4.69, 9.17) is 4.74 Å². The van der Waals surface area contributed by atoms with Crippen molar-refractivity contribution in [3.05, 3.63) is 23.8 Å². The van der Waals surface area contributed by atoms with E-state index in [2.05, 4.69) is 4.72 Å². The van der Waals surface area contributed by atoms with Gasteiger partial charge >= 0.3 is 0 Å². The molecule has 6 heteroatoms. The van der Waals surface area contributed by atoms with Crippen LogP contribution in [0, 0.1) is 6.92 Å². The molecule has 0 amide bonds. The quantitative estimate of drug-likeness (QED) is 0.819. The molecule has 0 aliphatic carbocycles. The summed E-state index contributed by atoms with van der Waals surface area (Å²) < 4.78 is 31.9. The number of sulfonamides is 1. The topological polar surface area (TPSA) is 75.6 Å². The first kappa shape index (κ1) is 13.2. The van der Waals surface area contributed by atoms with Crippen molar-refractivity contribution in [1.82, 2.24) is 0 Å². The molecule has 5 nitrogen and oxygen atoms in total. The summed E-state index contributed by atoms with van der Waals surface area (Å²) in [4.78, 5) is 0. The molecule has 2 rings (SSSR count). The Balaban J connectivity index is 2.19. The first-order valence-corrected chi connectivity index (χ1v) is 7.43. The fourth-order valence-electron chi connectivity index (χ4n) is 1.96. The van der Waals surface area contributed by atoms with Crippen molar-refractivity contribution in [2.75, 3.05) is 17.9 Å². The van der Waals surface area contributed by atoms with Crippen molar-refractivity contribution >= 4 is 15.7 Å². The summed E-state index contributed by atoms with van der Waals surface area (Å²) in [5, 5.41) is 9.35. The molecule has 1 heterocycles. The van der Waals surface area contributed by atoms with Crippen LogP contribution in [0.25, 0.3) is 0 Å². The number of phenols is 1. The van der Waals surface area contributed by atoms with E-state index >= 15 is 0 Å². The van der Waals surface area contributed by atoms with Gasteiger partial charge in [0.15, 0.2) is 0 Å². The maximum atomic E-state index is 12.1. The van der Waals surface area contributed by atoms with E-state index in [0.717, 1.165) is 0 Å². The summed E-state index contributed by atoms with van der Waals surface area (Å²) >= 11 is 0. The maximum Gasteiger partial charge on any atom is 0.235 e. The fraction of sp³-hybridized carbons (Fsp3) is 0.500. The molecule has 0 spiro atoms. The number of benzene rings is 1. The summed E-state index contributed by atoms with van der Waals surface area (Å²) in [7, 11) is -3.47. The van der Waals surface area contributed by atoms with Crippen LogP contribution in [0.1, 0.15) is 18.4 Å². The van der Waals surface area contributed by atoms with Gasteiger partial charge in [0.25, 0.3) is 0 Å². The largest absolute Gasteiger partial charge is 0.505 e. The second-order valence-electron chi connectivity index (χ2n) is 4.43. The summed E-state index contributed by atoms with van der Waals surface area (Å²) in [5.41, 5.74) is 0.878. The zero-order valence-electron chi connectivity index (χ0n) is 10.2. The zero-order valence-corrected chi connectivity index (χ0v) is 11.0. The van der Waals surface area contributed by atoms with E-state index in [1.165, 1.54) is 0 Å². The molecule has 0 atom stereocenters. The molecule has 2 N–H and O–H groups in total. The Bertz CT molecular complexity index is 521. The van der Waals surface area contributed by atoms with Crippen molar-refractivity contribution in [3.8, 4) is 5.75 Å². The van der Waals surface area contributed by atoms with Crippen LogP contribution in [-0.4, -0.2) is 32.0 Å². The number of aryl methyl sites for hydroxylation is 1. The normalized spacial score (nSPS) is 17.6. The predicted octanol–water partition coefficient (Wildman–Crippen LogP) is 1.62. The van der Waals surface area contributed by atoms with Crippen LogP contribution in [0.4, 0.5) is 5.69 Å². The molecule has 1 aromatic rings. The van der Waals surface area contributed by atoms with Gasteiger partial charge in [-0.2, -0.15) is 0 Å². The van der Waals surface area contributed by atoms with Gasteiger partial charge in [-0.3, -0.25) is 4.72 Å². The summed E-state index contributed by atoms with van der Waals surface area (Å²) in [6, 6.07) is 4.98. The van der Waals surface area contributed by atoms with Crippen LogP contribution < -0.4 is 4.72 Å². The smallest absolute Gasteiger partial charge is 0.235 e. The second-order valence-corrected chi connectivity index (χ2v) is 6.39. The molecule has 1 fully saturated rings. The number of rotatable bonds is 3. The van der Waals surface area contributed by atoms with Crippen molar-refractivity contribution in [3.63, 3.8) is 0 Å². The highest BCUT2D eigenvalue weighted by Gasteiger charge is 2.28. The minimum Gasteiger partial charge on any atom is -0.505 e. The van der Waals surface area contributed by atoms with Crippen LogP contribution in [0.3, 0.4) is 0 Å². The van der Waals surface area contributed by atoms with E-state index in [-0.39, 0.29) is 11.4 Å². The highest BCUT2D eigenvalue weighted by Crippen LogP contribution is 2.29. The standard InChI is InChI=1S/C12H17NO4S/c1-9-3-2-4-11(12(9)14)13-18(15,16)10-5-7-17-8-6-10/h2-4,10,13-14H,5-8H2,1H3. The van der Waals surface area contributed by atoms with Crippen LogP contribution in [0.15, 0.2) is 18.2 Å². The molecule has 0 bridgehead atoms. The predicted molar refractivity (Wildman–Crippen MR) is 69.2 cm³/mol. The average Bonchev–Trinajstić information content (AvgIpc) is 2.36. The SMILES string of the molecule is Cc1cccc(NS(=O)(=O)C2CCOCC2)c1O. The Morgan fingerprint density at radius 3 is 2.67 bits per heavy atom. The number of ether oxygens (including phenoxy) is 1. The van der Waals surface area contributed by atoms with Gasteiger partial charge in [0.1, 0.15) is 5.75 Å². The second kappa shape index (κ2) is 5.16. The zero-order chi connectivity index (χ0) is 13.2. The van der Waals surface area contributed by atoms with Crippen LogP contribution in [-0.2, 0) is 14.8 Å². The van der Waals surface area contributed by atoms with Crippen LogP contribution >= 0.6 is 0 Å². The molecule has 0 unspecified atom stereocenters. The van der Waals surface area contributed by atoms with E-state index in [9.17, 15) is 13.5 Å². The number of aromatic hydroxyl groups is 1. The molecule has 0 aromatic heterocycles. The van der Waals surface area contributed by atoms with Gasteiger partial charge in [0, 0.05) is 13.2 Å². The molecule has 1 saturated heterocycles. The maximum absolute atomic E-state index is 12.1. The number of phenolic OH excluding ortho intramolecular Hbond substituents is 1. The molecule has 0 radical (unpaired) electrons. The Morgan fingerprint density at radius 1 is 1.33 bits per heavy atom. The van der Waals surface area contributed by atoms with Crippen molar-refractivity contribution < 1.29 is 18.3 Å². The lowest BCUT2D eigenvalue weighted by Gasteiger charge is -2.23. The third-order valence-electron chi connectivity index (χ3n) is 3.10. The first-order chi connectivity index (χ1) is 8.50. The lowest BCUT2D eigenvalue weighted by molar-refractivity contribution is 0.0984. The Kier molecular flexibility index (Phi) is 3.77. The highest BCUT2D eigenvalue weighted by molar-refractivity contribution is 7.93. The molecule has 1 aromatic carbocycles. The van der Waals surface area contributed by atoms with E-state index in [1.54, 1.807) is 25.1 Å². The summed E-state index contributed by atoms with van der Waals surface area (Å²) in [6.45, 7) is 2.65. The minimum absolute atomic E-state index is 0.0202. The van der Waals surface area contributed by atoms with Gasteiger partial charge in [-0.1, -0.05) is 12.1 Å². The van der Waals surface area contributed by atoms with Crippen LogP contribution in [0.5, 0.6) is 5.75 Å². The number of hydrogen-bond acceptors (Lipinski definition) is 4. The fourth-order valence-corrected chi connectivity index (χ4v) is 3.42. The highest BCUT2D eigenvalue weighted by atomic mass is 32.2. The molecule has 0 saturated carbocycles. The van der Waals surface area contributed by atoms with Gasteiger partial charge in [0.2, 0.25) is 10.0 Å².